The first-order valence-electron chi connectivity index (χ1n) is 49.8. The van der Waals surface area contributed by atoms with E-state index in [1.807, 2.05) is 0 Å². The van der Waals surface area contributed by atoms with Crippen molar-refractivity contribution in [1.29, 1.82) is 0 Å². The van der Waals surface area contributed by atoms with E-state index < -0.39 is 62.5 Å². The van der Waals surface area contributed by atoms with Gasteiger partial charge in [-0.15, -0.1) is 6.58 Å². The van der Waals surface area contributed by atoms with Crippen LogP contribution in [0.5, 0.6) is 0 Å². The van der Waals surface area contributed by atoms with Crippen LogP contribution < -0.4 is 0 Å². The first-order chi connectivity index (χ1) is 59.1. The molecule has 3 aromatic carbocycles. The van der Waals surface area contributed by atoms with Gasteiger partial charge in [0.15, 0.2) is 0 Å². The number of hydrogen-bond acceptors (Lipinski definition) is 0. The van der Waals surface area contributed by atoms with Crippen molar-refractivity contribution in [3.8, 4) is 0 Å². The van der Waals surface area contributed by atoms with Crippen molar-refractivity contribution in [2.24, 2.45) is 171 Å². The predicted octanol–water partition coefficient (Wildman–Crippen LogP) is 38.6. The third-order valence-corrected chi connectivity index (χ3v) is 37.8. The third kappa shape index (κ3) is 27.1. The molecule has 10 heteroatoms. The van der Waals surface area contributed by atoms with Crippen LogP contribution in [0.4, 0.5) is 0 Å². The molecule has 131 heavy (non-hydrogen) atoms. The Balaban J connectivity index is 0.000000346. The van der Waals surface area contributed by atoms with E-state index in [0.29, 0.717) is 70.5 Å². The summed E-state index contributed by atoms with van der Waals surface area (Å²) in [4.78, 5) is 0. The topological polar surface area (TPSA) is 0 Å². The quantitative estimate of drug-likeness (QED) is 0.0547. The number of halogens is 6. The summed E-state index contributed by atoms with van der Waals surface area (Å²) >= 11 is -2.48. The van der Waals surface area contributed by atoms with E-state index in [4.69, 9.17) is 51.1 Å². The van der Waals surface area contributed by atoms with E-state index in [-0.39, 0.29) is 111 Å². The summed E-state index contributed by atoms with van der Waals surface area (Å²) in [5, 5.41) is 0. The Kier molecular flexibility index (Phi) is 57.9. The molecule has 18 aliphatic rings. The van der Waals surface area contributed by atoms with Crippen LogP contribution in [-0.4, -0.2) is 0 Å². The van der Waals surface area contributed by atoms with Crippen molar-refractivity contribution in [3.05, 3.63) is 290 Å². The molecule has 0 aromatic heterocycles. The summed E-state index contributed by atoms with van der Waals surface area (Å²) in [5.41, 5.74) is 18.7. The average Bonchev–Trinajstić information content (AvgIpc) is 1.58. The SMILES string of the molecule is C(CCC1C2CCCCC2C2CCCCC12)CC1C2CCCCC2C2CCCCC12.C1=C=CC2C(C=1)C1C=CC=CC1C2C(c1ccccc1)(c1ccccc1)C1CCCC1.C=CCCC(C)(C1CCCC1)C1C2CCCCC2C2CCCCC21.C[C@](c1ccccc1)(C1CCCC1)C1C2C=C=C=CC2C2C=CC=CC21.[CH3-].[CH3-].[CH3-].[CH3-].[CH3-].[CH3-].[CH3-].[CH3-].[CH3-].[CH3-].[Cl][Zr+2][Cl].[Cl][Zr+2][Cl].[Cl][Zr+2][Cl].[Zr+4]. The Morgan fingerprint density at radius 3 is 0.901 bits per heavy atom. The van der Waals surface area contributed by atoms with Crippen LogP contribution >= 0.6 is 51.1 Å². The first kappa shape index (κ1) is 124. The Morgan fingerprint density at radius 2 is 0.565 bits per heavy atom. The predicted molar refractivity (Wildman–Crippen MR) is 566 cm³/mol. The molecule has 14 saturated carbocycles. The second kappa shape index (κ2) is 61.4. The zero-order valence-electron chi connectivity index (χ0n) is 84.0. The van der Waals surface area contributed by atoms with Gasteiger partial charge in [-0.1, -0.05) is 311 Å². The number of unbranched alkanes of at least 4 members (excludes halogenated alkanes) is 1. The van der Waals surface area contributed by atoms with Gasteiger partial charge in [-0.2, -0.15) is 0 Å². The molecule has 0 bridgehead atoms. The van der Waals surface area contributed by atoms with E-state index in [1.165, 1.54) is 127 Å². The third-order valence-electron chi connectivity index (χ3n) is 37.8. The second-order valence-electron chi connectivity index (χ2n) is 42.0. The molecule has 0 radical (unpaired) electrons. The Bertz CT molecular complexity index is 3840. The number of hydrogen-bond donors (Lipinski definition) is 0. The monoisotopic (exact) mass is 2200 g/mol. The van der Waals surface area contributed by atoms with Gasteiger partial charge in [0.2, 0.25) is 0 Å². The summed E-state index contributed by atoms with van der Waals surface area (Å²) < 4.78 is 0. The van der Waals surface area contributed by atoms with Gasteiger partial charge in [-0.05, 0) is 359 Å². The number of benzene rings is 3. The minimum atomic E-state index is -0.826. The average molecular weight is 2210 g/mol. The van der Waals surface area contributed by atoms with Gasteiger partial charge in [0.25, 0.3) is 0 Å². The van der Waals surface area contributed by atoms with E-state index >= 15 is 0 Å². The molecular formula is C121H178Cl6Zr4. The standard InChI is InChI=1S/C31H30.C30H50.C26H28.C24H40.10CH3.6ClH.4Zr/c1-3-13-23(14-4-1)31(25-17-7-8-18-25,24-15-5-2-6-16-24)30-28-21-11-9-19-26(28)27-20-10-12-22-29(27)30;1-5-15-25-21(11-1)22-12-2-6-16-26(22)29(25)19-9-10-20-30-27-17-7-3-13-23(27)24-14-4-8-18-28(24)30;1-26(20-13-5-6-14-20,19-11-3-2-4-12-19)25-23-17-9-7-15-21(23)22-16-8-10-18-24(22)25;1-3-4-17-24(2,18-11-5-6-12-18)23-21-15-9-7-13-19(21)20-14-8-10-16-22(20)23;;;;;;;;;;;;;;;;;;;;/h1-6,9,11,13-16,19-22,25-30H,7-8,17-18H2;21-30H,1-20H2;2-4,7,9,11-12,15-18,20-25H,5-6,13-14H2,1H3;3,18-23H,1,4-17H2,2H3;10*1H3;6*1H;;;;/q;;;;10*-1;;;;;;;4*+4/p-6/t;;21?,22?,23?,24?,25?,26-;;;;;;;;;;;;;;;;;;;;;/m..0...................../s1. The molecule has 3 aromatic rings. The molecule has 18 aliphatic carbocycles. The van der Waals surface area contributed by atoms with Crippen molar-refractivity contribution in [2.45, 2.75) is 294 Å². The molecule has 0 saturated heterocycles. The molecule has 0 aliphatic heterocycles. The smallest absolute Gasteiger partial charge is 4.00 e. The molecule has 14 fully saturated rings. The zero-order chi connectivity index (χ0) is 82.8. The molecule has 720 valence electrons. The Morgan fingerprint density at radius 1 is 0.305 bits per heavy atom. The van der Waals surface area contributed by atoms with E-state index in [9.17, 15) is 0 Å². The van der Waals surface area contributed by atoms with Gasteiger partial charge >= 0.3 is 140 Å². The molecule has 16 atom stereocenters. The van der Waals surface area contributed by atoms with Crippen LogP contribution in [-0.2, 0) is 99.6 Å². The van der Waals surface area contributed by atoms with Gasteiger partial charge in [0.05, 0.1) is 0 Å². The van der Waals surface area contributed by atoms with Gasteiger partial charge in [-0.3, -0.25) is 0 Å². The first-order valence-corrected chi connectivity index (χ1v) is 68.8. The Hall–Kier alpha value is 0.232. The van der Waals surface area contributed by atoms with E-state index in [2.05, 4.69) is 213 Å². The van der Waals surface area contributed by atoms with Crippen molar-refractivity contribution >= 4 is 51.1 Å². The number of rotatable bonds is 17. The van der Waals surface area contributed by atoms with Gasteiger partial charge < -0.3 is 74.3 Å². The maximum atomic E-state index is 4.93. The summed E-state index contributed by atoms with van der Waals surface area (Å²) in [7, 11) is 29.6. The second-order valence-corrected chi connectivity index (χ2v) is 53.2. The van der Waals surface area contributed by atoms with Crippen LogP contribution in [0.3, 0.4) is 0 Å². The molecule has 0 amide bonds. The van der Waals surface area contributed by atoms with Gasteiger partial charge in [-0.25, -0.2) is 0 Å². The van der Waals surface area contributed by atoms with Crippen LogP contribution in [0.1, 0.15) is 300 Å². The molecule has 0 heterocycles. The van der Waals surface area contributed by atoms with Crippen molar-refractivity contribution in [3.63, 3.8) is 0 Å². The normalized spacial score (nSPS) is 34.2. The fourth-order valence-corrected chi connectivity index (χ4v) is 33.8. The van der Waals surface area contributed by atoms with E-state index in [0.717, 1.165) is 101 Å². The summed E-state index contributed by atoms with van der Waals surface area (Å²) in [5.74, 6) is 25.1. The largest absolute Gasteiger partial charge is 4.00 e. The van der Waals surface area contributed by atoms with Crippen molar-refractivity contribution in [2.75, 3.05) is 0 Å². The van der Waals surface area contributed by atoms with Crippen LogP contribution in [0.15, 0.2) is 199 Å². The van der Waals surface area contributed by atoms with Crippen LogP contribution in [0, 0.1) is 245 Å². The van der Waals surface area contributed by atoms with Gasteiger partial charge in [0.1, 0.15) is 0 Å². The molecule has 15 unspecified atom stereocenters. The minimum Gasteiger partial charge on any atom is 4.00 e. The summed E-state index contributed by atoms with van der Waals surface area (Å²) in [6.07, 6.45) is 94.4. The van der Waals surface area contributed by atoms with Crippen molar-refractivity contribution in [1.82, 2.24) is 0 Å². The van der Waals surface area contributed by atoms with Crippen LogP contribution in [0.2, 0.25) is 0 Å². The Labute approximate surface area is 885 Å². The molecule has 0 nitrogen and oxygen atoms in total. The molecular weight excluding hydrogens is 2030 g/mol. The van der Waals surface area contributed by atoms with Gasteiger partial charge in [0, 0.05) is 5.41 Å². The van der Waals surface area contributed by atoms with E-state index in [1.54, 1.807) is 160 Å². The maximum Gasteiger partial charge on any atom is 4.00 e. The number of fused-ring (bicyclic) bond motifs is 15. The molecule has 0 spiro atoms. The number of allylic oxidation sites excluding steroid dienone is 13. The minimum absolute atomic E-state index is 0. The maximum absolute atomic E-state index is 4.93. The fraction of sp³-hybridized carbons (Fsp3) is 0.620. The van der Waals surface area contributed by atoms with Crippen molar-refractivity contribution < 1.29 is 88.7 Å². The zero-order valence-corrected chi connectivity index (χ0v) is 98.4. The fourth-order valence-electron chi connectivity index (χ4n) is 33.8. The van der Waals surface area contributed by atoms with Crippen LogP contribution in [0.25, 0.3) is 0 Å². The molecule has 0 N–H and O–H groups in total. The summed E-state index contributed by atoms with van der Waals surface area (Å²) in [6, 6.07) is 34.4. The molecule has 21 rings (SSSR count). The summed E-state index contributed by atoms with van der Waals surface area (Å²) in [6.45, 7) is 9.42.